The minimum atomic E-state index is -4.43. The molecule has 0 saturated carbocycles. The zero-order chi connectivity index (χ0) is 28.9. The fourth-order valence-corrected chi connectivity index (χ4v) is 4.69. The third-order valence-electron chi connectivity index (χ3n) is 7.13. The number of benzene rings is 3. The number of aryl methyl sites for hydroxylation is 1. The lowest BCUT2D eigenvalue weighted by atomic mass is 10.1. The van der Waals surface area contributed by atoms with Gasteiger partial charge in [0.2, 0.25) is 5.91 Å². The molecule has 1 heterocycles. The molecule has 0 atom stereocenters. The molecule has 4 aromatic rings. The van der Waals surface area contributed by atoms with Crippen LogP contribution in [0, 0.1) is 0 Å². The number of nitrogens with one attached hydrogen (secondary N) is 1. The van der Waals surface area contributed by atoms with Crippen LogP contribution in [0.15, 0.2) is 79.0 Å². The van der Waals surface area contributed by atoms with Crippen LogP contribution in [0.1, 0.15) is 53.4 Å². The SMILES string of the molecule is CCc1ccc(C(=O)N(CC(=O)N(CCc2c[nH]c3ccccc23)Cc2ccc(C(F)(F)F)cc2)C(C)C)cc1. The molecule has 5 nitrogen and oxygen atoms in total. The number of nitrogens with zero attached hydrogens (tertiary/aromatic N) is 2. The van der Waals surface area contributed by atoms with Gasteiger partial charge in [-0.2, -0.15) is 13.2 Å². The summed E-state index contributed by atoms with van der Waals surface area (Å²) in [6, 6.07) is 19.9. The number of carbonyl (C=O) groups excluding carboxylic acids is 2. The molecule has 40 heavy (non-hydrogen) atoms. The van der Waals surface area contributed by atoms with Crippen molar-refractivity contribution in [1.82, 2.24) is 14.8 Å². The number of H-pyrrole nitrogens is 1. The molecule has 0 spiro atoms. The standard InChI is InChI=1S/C32H34F3N3O2/c1-4-23-9-13-25(14-10-23)31(40)38(22(2)3)21-30(39)37(20-24-11-15-27(16-12-24)32(33,34)35)18-17-26-19-36-29-8-6-5-7-28(26)29/h5-16,19,22,36H,4,17-18,20-21H2,1-3H3. The van der Waals surface area contributed by atoms with Crippen molar-refractivity contribution in [2.75, 3.05) is 13.1 Å². The Morgan fingerprint density at radius 1 is 0.900 bits per heavy atom. The Morgan fingerprint density at radius 2 is 1.55 bits per heavy atom. The molecule has 0 aliphatic heterocycles. The zero-order valence-corrected chi connectivity index (χ0v) is 23.0. The highest BCUT2D eigenvalue weighted by molar-refractivity contribution is 5.96. The molecule has 0 unspecified atom stereocenters. The Kier molecular flexibility index (Phi) is 8.97. The molecular weight excluding hydrogens is 515 g/mol. The summed E-state index contributed by atoms with van der Waals surface area (Å²) in [6.45, 7) is 6.09. The van der Waals surface area contributed by atoms with E-state index in [1.54, 1.807) is 17.0 Å². The van der Waals surface area contributed by atoms with Crippen LogP contribution < -0.4 is 0 Å². The summed E-state index contributed by atoms with van der Waals surface area (Å²) in [6.07, 6.45) is -1.12. The largest absolute Gasteiger partial charge is 0.416 e. The average Bonchev–Trinajstić information content (AvgIpc) is 3.36. The van der Waals surface area contributed by atoms with Crippen molar-refractivity contribution in [2.24, 2.45) is 0 Å². The molecule has 0 radical (unpaired) electrons. The highest BCUT2D eigenvalue weighted by Gasteiger charge is 2.30. The Labute approximate surface area is 232 Å². The number of amides is 2. The summed E-state index contributed by atoms with van der Waals surface area (Å²) < 4.78 is 39.3. The molecule has 4 rings (SSSR count). The van der Waals surface area contributed by atoms with Crippen molar-refractivity contribution in [3.8, 4) is 0 Å². The first-order chi connectivity index (χ1) is 19.1. The minimum absolute atomic E-state index is 0.130. The highest BCUT2D eigenvalue weighted by atomic mass is 19.4. The van der Waals surface area contributed by atoms with Crippen LogP contribution >= 0.6 is 0 Å². The summed E-state index contributed by atoms with van der Waals surface area (Å²) in [4.78, 5) is 33.5. The number of hydrogen-bond acceptors (Lipinski definition) is 2. The second-order valence-corrected chi connectivity index (χ2v) is 10.2. The predicted molar refractivity (Wildman–Crippen MR) is 151 cm³/mol. The third-order valence-corrected chi connectivity index (χ3v) is 7.13. The molecule has 0 aliphatic rings. The van der Waals surface area contributed by atoms with Gasteiger partial charge in [-0.15, -0.1) is 0 Å². The number of alkyl halides is 3. The van der Waals surface area contributed by atoms with Crippen molar-refractivity contribution < 1.29 is 22.8 Å². The van der Waals surface area contributed by atoms with Gasteiger partial charge >= 0.3 is 6.18 Å². The van der Waals surface area contributed by atoms with E-state index in [0.717, 1.165) is 40.6 Å². The van der Waals surface area contributed by atoms with E-state index in [4.69, 9.17) is 0 Å². The van der Waals surface area contributed by atoms with Gasteiger partial charge in [0.1, 0.15) is 6.54 Å². The van der Waals surface area contributed by atoms with E-state index < -0.39 is 11.7 Å². The van der Waals surface area contributed by atoms with Crippen molar-refractivity contribution in [1.29, 1.82) is 0 Å². The number of para-hydroxylation sites is 1. The Morgan fingerprint density at radius 3 is 2.17 bits per heavy atom. The molecule has 0 saturated heterocycles. The first-order valence-electron chi connectivity index (χ1n) is 13.5. The topological polar surface area (TPSA) is 56.4 Å². The van der Waals surface area contributed by atoms with Crippen LogP contribution in [0.25, 0.3) is 10.9 Å². The van der Waals surface area contributed by atoms with E-state index >= 15 is 0 Å². The van der Waals surface area contributed by atoms with Gasteiger partial charge in [0.25, 0.3) is 5.91 Å². The van der Waals surface area contributed by atoms with E-state index in [1.165, 1.54) is 17.0 Å². The maximum atomic E-state index is 13.7. The summed E-state index contributed by atoms with van der Waals surface area (Å²) in [5.74, 6) is -0.510. The fraction of sp³-hybridized carbons (Fsp3) is 0.312. The van der Waals surface area contributed by atoms with Gasteiger partial charge in [-0.05, 0) is 73.7 Å². The van der Waals surface area contributed by atoms with Gasteiger partial charge in [0, 0.05) is 41.8 Å². The van der Waals surface area contributed by atoms with Crippen LogP contribution in [0.5, 0.6) is 0 Å². The van der Waals surface area contributed by atoms with Crippen molar-refractivity contribution in [3.05, 3.63) is 107 Å². The third kappa shape index (κ3) is 6.92. The quantitative estimate of drug-likeness (QED) is 0.235. The van der Waals surface area contributed by atoms with E-state index in [9.17, 15) is 22.8 Å². The Bertz CT molecular complexity index is 1440. The van der Waals surface area contributed by atoms with Crippen LogP contribution in [0.2, 0.25) is 0 Å². The van der Waals surface area contributed by atoms with Gasteiger partial charge in [0.05, 0.1) is 5.56 Å². The molecule has 0 aliphatic carbocycles. The van der Waals surface area contributed by atoms with Crippen molar-refractivity contribution in [2.45, 2.75) is 52.4 Å². The summed E-state index contributed by atoms with van der Waals surface area (Å²) in [5.41, 5.74) is 3.49. The molecule has 2 amide bonds. The van der Waals surface area contributed by atoms with Gasteiger partial charge in [-0.1, -0.05) is 49.4 Å². The van der Waals surface area contributed by atoms with Gasteiger partial charge in [0.15, 0.2) is 0 Å². The molecule has 210 valence electrons. The second-order valence-electron chi connectivity index (χ2n) is 10.2. The Balaban J connectivity index is 1.55. The van der Waals surface area contributed by atoms with Gasteiger partial charge < -0.3 is 14.8 Å². The lowest BCUT2D eigenvalue weighted by molar-refractivity contribution is -0.137. The highest BCUT2D eigenvalue weighted by Crippen LogP contribution is 2.29. The van der Waals surface area contributed by atoms with Crippen LogP contribution in [-0.2, 0) is 30.4 Å². The number of hydrogen-bond donors (Lipinski definition) is 1. The Hall–Kier alpha value is -4.07. The van der Waals surface area contributed by atoms with Crippen molar-refractivity contribution in [3.63, 3.8) is 0 Å². The number of aromatic nitrogens is 1. The number of carbonyl (C=O) groups is 2. The number of rotatable bonds is 10. The zero-order valence-electron chi connectivity index (χ0n) is 23.0. The molecule has 1 N–H and O–H groups in total. The summed E-state index contributed by atoms with van der Waals surface area (Å²) >= 11 is 0. The van der Waals surface area contributed by atoms with E-state index in [2.05, 4.69) is 4.98 Å². The maximum Gasteiger partial charge on any atom is 0.416 e. The predicted octanol–water partition coefficient (Wildman–Crippen LogP) is 6.87. The maximum absolute atomic E-state index is 13.7. The molecule has 1 aromatic heterocycles. The minimum Gasteiger partial charge on any atom is -0.361 e. The first kappa shape index (κ1) is 28.9. The smallest absolute Gasteiger partial charge is 0.361 e. The number of fused-ring (bicyclic) bond motifs is 1. The van der Waals surface area contributed by atoms with Gasteiger partial charge in [-0.25, -0.2) is 0 Å². The second kappa shape index (κ2) is 12.4. The first-order valence-corrected chi connectivity index (χ1v) is 13.5. The molecule has 0 bridgehead atoms. The van der Waals surface area contributed by atoms with Crippen LogP contribution in [0.3, 0.4) is 0 Å². The number of halogens is 3. The lowest BCUT2D eigenvalue weighted by Gasteiger charge is -2.30. The molecule has 8 heteroatoms. The van der Waals surface area contributed by atoms with Gasteiger partial charge in [-0.3, -0.25) is 9.59 Å². The molecule has 3 aromatic carbocycles. The molecule has 0 fully saturated rings. The van der Waals surface area contributed by atoms with Crippen LogP contribution in [-0.4, -0.2) is 45.7 Å². The number of aromatic amines is 1. The fourth-order valence-electron chi connectivity index (χ4n) is 4.69. The van der Waals surface area contributed by atoms with Crippen molar-refractivity contribution >= 4 is 22.7 Å². The summed E-state index contributed by atoms with van der Waals surface area (Å²) in [7, 11) is 0. The van der Waals surface area contributed by atoms with Crippen LogP contribution in [0.4, 0.5) is 13.2 Å². The monoisotopic (exact) mass is 549 g/mol. The van der Waals surface area contributed by atoms with E-state index in [-0.39, 0.29) is 30.9 Å². The lowest BCUT2D eigenvalue weighted by Crippen LogP contribution is -2.46. The summed E-state index contributed by atoms with van der Waals surface area (Å²) in [5, 5.41) is 1.05. The average molecular weight is 550 g/mol. The van der Waals surface area contributed by atoms with E-state index in [0.29, 0.717) is 24.1 Å². The molecular formula is C32H34F3N3O2. The normalized spacial score (nSPS) is 11.7. The van der Waals surface area contributed by atoms with E-state index in [1.807, 2.05) is 63.4 Å².